The third kappa shape index (κ3) is 6.09. The van der Waals surface area contributed by atoms with E-state index < -0.39 is 0 Å². The first-order chi connectivity index (χ1) is 8.40. The molecule has 1 nitrogen and oxygen atoms in total. The Hall–Kier alpha value is -0.980. The van der Waals surface area contributed by atoms with Gasteiger partial charge in [-0.25, -0.2) is 4.39 Å². The smallest absolute Gasteiger partial charge is 0.124 e. The Morgan fingerprint density at radius 3 is 2.61 bits per heavy atom. The summed E-state index contributed by atoms with van der Waals surface area (Å²) in [6, 6.07) is 4.89. The van der Waals surface area contributed by atoms with Gasteiger partial charge in [0.05, 0.1) is 6.61 Å². The van der Waals surface area contributed by atoms with Gasteiger partial charge in [0.25, 0.3) is 0 Å². The molecule has 0 fully saturated rings. The SMILES string of the molecule is CC(C)(C)SCc1cc(F)cc(C#CCCO)c1. The lowest BCUT2D eigenvalue weighted by atomic mass is 10.1. The molecule has 0 atom stereocenters. The van der Waals surface area contributed by atoms with E-state index in [4.69, 9.17) is 5.11 Å². The molecule has 18 heavy (non-hydrogen) atoms. The maximum Gasteiger partial charge on any atom is 0.124 e. The van der Waals surface area contributed by atoms with Crippen molar-refractivity contribution < 1.29 is 9.50 Å². The minimum absolute atomic E-state index is 0.0368. The number of thioether (sulfide) groups is 1. The van der Waals surface area contributed by atoms with E-state index in [1.165, 1.54) is 6.07 Å². The van der Waals surface area contributed by atoms with Crippen molar-refractivity contribution in [2.45, 2.75) is 37.7 Å². The van der Waals surface area contributed by atoms with Crippen LogP contribution in [0.5, 0.6) is 0 Å². The lowest BCUT2D eigenvalue weighted by Gasteiger charge is -2.17. The summed E-state index contributed by atoms with van der Waals surface area (Å²) in [5, 5.41) is 8.65. The molecule has 0 aliphatic carbocycles. The largest absolute Gasteiger partial charge is 0.395 e. The number of halogens is 1. The van der Waals surface area contributed by atoms with Crippen LogP contribution in [-0.4, -0.2) is 16.5 Å². The van der Waals surface area contributed by atoms with Crippen molar-refractivity contribution in [2.24, 2.45) is 0 Å². The lowest BCUT2D eigenvalue weighted by molar-refractivity contribution is 0.305. The molecule has 98 valence electrons. The van der Waals surface area contributed by atoms with Gasteiger partial charge in [0.15, 0.2) is 0 Å². The Bertz CT molecular complexity index is 452. The fraction of sp³-hybridized carbons (Fsp3) is 0.467. The summed E-state index contributed by atoms with van der Waals surface area (Å²) in [6.07, 6.45) is 0.419. The van der Waals surface area contributed by atoms with Crippen LogP contribution >= 0.6 is 11.8 Å². The molecular formula is C15H19FOS. The van der Waals surface area contributed by atoms with Crippen molar-refractivity contribution in [3.8, 4) is 11.8 Å². The normalized spacial score (nSPS) is 10.9. The summed E-state index contributed by atoms with van der Waals surface area (Å²) in [5.74, 6) is 6.19. The zero-order chi connectivity index (χ0) is 13.6. The third-order valence-corrected chi connectivity index (χ3v) is 3.44. The highest BCUT2D eigenvalue weighted by Gasteiger charge is 2.11. The number of rotatable bonds is 3. The summed E-state index contributed by atoms with van der Waals surface area (Å²) in [4.78, 5) is 0. The predicted molar refractivity (Wildman–Crippen MR) is 76.0 cm³/mol. The minimum Gasteiger partial charge on any atom is -0.395 e. The molecule has 0 amide bonds. The number of aliphatic hydroxyl groups is 1. The van der Waals surface area contributed by atoms with Crippen molar-refractivity contribution in [1.29, 1.82) is 0 Å². The molecule has 0 aliphatic rings. The molecule has 0 saturated heterocycles. The van der Waals surface area contributed by atoms with Gasteiger partial charge in [-0.2, -0.15) is 11.8 Å². The van der Waals surface area contributed by atoms with E-state index in [0.29, 0.717) is 12.0 Å². The summed E-state index contributed by atoms with van der Waals surface area (Å²) in [5.41, 5.74) is 1.62. The number of benzene rings is 1. The highest BCUT2D eigenvalue weighted by molar-refractivity contribution is 7.99. The molecule has 0 aromatic heterocycles. The van der Waals surface area contributed by atoms with Crippen LogP contribution in [0, 0.1) is 17.7 Å². The standard InChI is InChI=1S/C15H19FOS/c1-15(2,3)18-11-13-8-12(6-4-5-7-17)9-14(16)10-13/h8-10,17H,5,7,11H2,1-3H3. The summed E-state index contributed by atoms with van der Waals surface area (Å²) in [7, 11) is 0. The van der Waals surface area contributed by atoms with Crippen LogP contribution in [0.3, 0.4) is 0 Å². The fourth-order valence-corrected chi connectivity index (χ4v) is 2.09. The third-order valence-electron chi connectivity index (χ3n) is 2.10. The molecule has 0 saturated carbocycles. The first kappa shape index (κ1) is 15.1. The Balaban J connectivity index is 2.79. The van der Waals surface area contributed by atoms with Gasteiger partial charge < -0.3 is 5.11 Å². The van der Waals surface area contributed by atoms with E-state index >= 15 is 0 Å². The predicted octanol–water partition coefficient (Wildman–Crippen LogP) is 3.59. The maximum atomic E-state index is 13.4. The Morgan fingerprint density at radius 1 is 1.28 bits per heavy atom. The topological polar surface area (TPSA) is 20.2 Å². The molecule has 0 spiro atoms. The Labute approximate surface area is 113 Å². The van der Waals surface area contributed by atoms with E-state index in [9.17, 15) is 4.39 Å². The molecule has 1 N–H and O–H groups in total. The van der Waals surface area contributed by atoms with Crippen molar-refractivity contribution >= 4 is 11.8 Å². The molecule has 1 aromatic rings. The highest BCUT2D eigenvalue weighted by atomic mass is 32.2. The van der Waals surface area contributed by atoms with E-state index in [1.807, 2.05) is 6.07 Å². The summed E-state index contributed by atoms with van der Waals surface area (Å²) >= 11 is 1.78. The molecule has 0 heterocycles. The van der Waals surface area contributed by atoms with Crippen molar-refractivity contribution in [3.05, 3.63) is 35.1 Å². The quantitative estimate of drug-likeness (QED) is 0.844. The zero-order valence-electron chi connectivity index (χ0n) is 11.1. The van der Waals surface area contributed by atoms with Crippen molar-refractivity contribution in [2.75, 3.05) is 6.61 Å². The van der Waals surface area contributed by atoms with Crippen LogP contribution in [0.4, 0.5) is 4.39 Å². The number of hydrogen-bond acceptors (Lipinski definition) is 2. The fourth-order valence-electron chi connectivity index (χ4n) is 1.33. The Kier molecular flexibility index (Phi) is 5.71. The summed E-state index contributed by atoms with van der Waals surface area (Å²) < 4.78 is 13.6. The number of hydrogen-bond donors (Lipinski definition) is 1. The van der Waals surface area contributed by atoms with Gasteiger partial charge in [-0.3, -0.25) is 0 Å². The van der Waals surface area contributed by atoms with Gasteiger partial charge in [0, 0.05) is 22.5 Å². The second kappa shape index (κ2) is 6.82. The second-order valence-corrected chi connectivity index (χ2v) is 6.83. The lowest BCUT2D eigenvalue weighted by Crippen LogP contribution is -2.07. The van der Waals surface area contributed by atoms with Crippen LogP contribution in [0.15, 0.2) is 18.2 Å². The molecule has 0 bridgehead atoms. The van der Waals surface area contributed by atoms with Crippen LogP contribution in [0.1, 0.15) is 38.3 Å². The first-order valence-corrected chi connectivity index (χ1v) is 6.92. The van der Waals surface area contributed by atoms with Gasteiger partial charge >= 0.3 is 0 Å². The van der Waals surface area contributed by atoms with Crippen LogP contribution in [-0.2, 0) is 5.75 Å². The second-order valence-electron chi connectivity index (χ2n) is 5.02. The highest BCUT2D eigenvalue weighted by Crippen LogP contribution is 2.27. The molecule has 3 heteroatoms. The molecule has 0 radical (unpaired) electrons. The van der Waals surface area contributed by atoms with Crippen molar-refractivity contribution in [1.82, 2.24) is 0 Å². The number of aliphatic hydroxyl groups excluding tert-OH is 1. The summed E-state index contributed by atoms with van der Waals surface area (Å²) in [6.45, 7) is 6.45. The van der Waals surface area contributed by atoms with Gasteiger partial charge in [-0.1, -0.05) is 32.6 Å². The molecule has 0 aliphatic heterocycles. The van der Waals surface area contributed by atoms with E-state index in [1.54, 1.807) is 17.8 Å². The molecular weight excluding hydrogens is 247 g/mol. The first-order valence-electron chi connectivity index (χ1n) is 5.94. The van der Waals surface area contributed by atoms with Gasteiger partial charge in [-0.15, -0.1) is 0 Å². The van der Waals surface area contributed by atoms with Crippen LogP contribution in [0.25, 0.3) is 0 Å². The van der Waals surface area contributed by atoms with Crippen LogP contribution < -0.4 is 0 Å². The van der Waals surface area contributed by atoms with E-state index in [-0.39, 0.29) is 17.2 Å². The molecule has 0 unspecified atom stereocenters. The Morgan fingerprint density at radius 2 is 2.00 bits per heavy atom. The maximum absolute atomic E-state index is 13.4. The van der Waals surface area contributed by atoms with Gasteiger partial charge in [-0.05, 0) is 23.8 Å². The van der Waals surface area contributed by atoms with E-state index in [2.05, 4.69) is 32.6 Å². The van der Waals surface area contributed by atoms with Gasteiger partial charge in [0.1, 0.15) is 5.82 Å². The average molecular weight is 266 g/mol. The molecule has 1 aromatic carbocycles. The average Bonchev–Trinajstić information content (AvgIpc) is 2.25. The van der Waals surface area contributed by atoms with E-state index in [0.717, 1.165) is 11.3 Å². The monoisotopic (exact) mass is 266 g/mol. The van der Waals surface area contributed by atoms with Crippen LogP contribution in [0.2, 0.25) is 0 Å². The minimum atomic E-state index is -0.254. The van der Waals surface area contributed by atoms with Crippen molar-refractivity contribution in [3.63, 3.8) is 0 Å². The molecule has 1 rings (SSSR count). The van der Waals surface area contributed by atoms with Gasteiger partial charge in [0.2, 0.25) is 0 Å². The zero-order valence-corrected chi connectivity index (χ0v) is 11.9.